The Morgan fingerprint density at radius 1 is 0.304 bits per heavy atom. The van der Waals surface area contributed by atoms with Gasteiger partial charge in [-0.05, 0) is 0 Å². The van der Waals surface area contributed by atoms with Crippen molar-refractivity contribution in [3.05, 3.63) is 232 Å². The Morgan fingerprint density at radius 2 is 0.565 bits per heavy atom. The maximum Gasteiger partial charge on any atom is -1.00 e. The number of allylic oxidation sites excluding steroid dienone is 3. The molecule has 15 rings (SSSR count). The Balaban J connectivity index is 0.000000209. The maximum absolute atomic E-state index is 2.75. The summed E-state index contributed by atoms with van der Waals surface area (Å²) in [6.07, 6.45) is 42.8. The van der Waals surface area contributed by atoms with Crippen LogP contribution in [-0.2, 0) is 48.0 Å². The van der Waals surface area contributed by atoms with Gasteiger partial charge in [0.1, 0.15) is 0 Å². The molecule has 467 valence electrons. The van der Waals surface area contributed by atoms with Crippen LogP contribution in [0.4, 0.5) is 0 Å². The third-order valence-electron chi connectivity index (χ3n) is 22.9. The fourth-order valence-corrected chi connectivity index (χ4v) is 23.9. The van der Waals surface area contributed by atoms with Crippen molar-refractivity contribution in [1.82, 2.24) is 0 Å². The number of hydrogen-bond donors (Lipinski definition) is 0. The Labute approximate surface area is 591 Å². The zero-order chi connectivity index (χ0) is 61.1. The predicted molar refractivity (Wildman–Crippen MR) is 380 cm³/mol. The van der Waals surface area contributed by atoms with E-state index in [0.717, 1.165) is 0 Å². The summed E-state index contributed by atoms with van der Waals surface area (Å²) in [6, 6.07) is 69.3. The molecular weight excluding hydrogens is 1310 g/mol. The number of benzene rings is 9. The minimum Gasteiger partial charge on any atom is -1.00 e. The molecule has 0 heterocycles. The van der Waals surface area contributed by atoms with Gasteiger partial charge in [-0.2, -0.15) is 0 Å². The van der Waals surface area contributed by atoms with Crippen molar-refractivity contribution in [3.8, 4) is 33.4 Å². The number of hydrogen-bond acceptors (Lipinski definition) is 0. The van der Waals surface area contributed by atoms with Gasteiger partial charge in [0.05, 0.1) is 0 Å². The Bertz CT molecular complexity index is 3940. The molecule has 0 aromatic heterocycles. The molecule has 9 aromatic rings. The quantitative estimate of drug-likeness (QED) is 0.121. The zero-order valence-corrected chi connectivity index (χ0v) is 61.6. The van der Waals surface area contributed by atoms with E-state index in [0.29, 0.717) is 27.1 Å². The van der Waals surface area contributed by atoms with Crippen LogP contribution < -0.4 is 24.8 Å². The predicted octanol–water partition coefficient (Wildman–Crippen LogP) is 20.3. The standard InChI is InChI=1S/C30H33.2C29H31.2ClH.2Zr/c1-30(18-8-4-2-3-5-9-19-30)22-23-20-25-14-11-17-28(29(25)21-23)27-16-10-13-24-12-6-7-15-26(24)27;2*1-29(17-7-3-2-4-8-18-29)21-22-19-24-13-10-16-27(28(24)20-22)26-15-9-12-23-11-5-6-14-25(23)26;;;;/h6-7,10-17,20-21H,2-5,8-9,18-19,22H2,1H3;2*5-6,9-16,19-20H,2-4,7-8,17-18,21H2,1H3;2*1H;;/q;;;;;2*+2/p-2. The summed E-state index contributed by atoms with van der Waals surface area (Å²) in [4.78, 5) is 0. The second kappa shape index (κ2) is 30.2. The molecule has 6 aliphatic carbocycles. The molecule has 0 amide bonds. The van der Waals surface area contributed by atoms with Gasteiger partial charge in [0.2, 0.25) is 0 Å². The van der Waals surface area contributed by atoms with Crippen molar-refractivity contribution in [2.45, 2.75) is 192 Å². The minimum atomic E-state index is -1.16. The molecule has 0 radical (unpaired) electrons. The first kappa shape index (κ1) is 67.3. The topological polar surface area (TPSA) is 0 Å². The number of rotatable bonds is 11. The van der Waals surface area contributed by atoms with Gasteiger partial charge in [-0.3, -0.25) is 0 Å². The van der Waals surface area contributed by atoms with Gasteiger partial charge in [-0.15, -0.1) is 0 Å². The number of halogens is 2. The van der Waals surface area contributed by atoms with Crippen LogP contribution in [-0.4, -0.2) is 0 Å². The second-order valence-corrected chi connectivity index (χ2v) is 34.8. The Morgan fingerprint density at radius 3 is 0.924 bits per heavy atom. The molecule has 0 saturated heterocycles. The van der Waals surface area contributed by atoms with Crippen LogP contribution in [0.3, 0.4) is 0 Å². The number of fused-ring (bicyclic) bond motifs is 6. The fraction of sp³-hybridized carbons (Fsp3) is 0.386. The second-order valence-electron chi connectivity index (χ2n) is 29.7. The molecule has 4 heteroatoms. The minimum absolute atomic E-state index is 0. The molecule has 0 bridgehead atoms. The smallest absolute Gasteiger partial charge is 1.00 e. The molecule has 6 aliphatic rings. The summed E-state index contributed by atoms with van der Waals surface area (Å²) >= 11 is 0.479. The summed E-state index contributed by atoms with van der Waals surface area (Å²) in [7, 11) is 0. The third-order valence-corrected chi connectivity index (χ3v) is 29.5. The molecule has 9 aromatic carbocycles. The van der Waals surface area contributed by atoms with Gasteiger partial charge in [-0.25, -0.2) is 0 Å². The van der Waals surface area contributed by atoms with E-state index in [1.165, 1.54) is 243 Å². The first-order valence-electron chi connectivity index (χ1n) is 35.5. The van der Waals surface area contributed by atoms with Gasteiger partial charge < -0.3 is 24.8 Å². The SMILES string of the molecule is CC1(CC2=Cc3c(-c4cccc5ccccc45)cccc3[CH]2[Zr+2])CCCCCCCC1.CC1(CC2=Cc3c(-c4cccc5ccccc45)cccc3[CH]2[Zr+2][CH]2C(CC3(C)CCCCCCC3)=Cc3c(-c4cccc5ccccc45)cccc32)CCCCCCC1.[Cl-].[Cl-]. The van der Waals surface area contributed by atoms with Crippen LogP contribution in [0.15, 0.2) is 199 Å². The van der Waals surface area contributed by atoms with Crippen molar-refractivity contribution in [2.75, 3.05) is 0 Å². The molecule has 0 nitrogen and oxygen atoms in total. The van der Waals surface area contributed by atoms with Crippen LogP contribution in [0, 0.1) is 16.2 Å². The van der Waals surface area contributed by atoms with Crippen LogP contribution >= 0.6 is 0 Å². The van der Waals surface area contributed by atoms with E-state index in [4.69, 9.17) is 0 Å². The van der Waals surface area contributed by atoms with Gasteiger partial charge in [0.15, 0.2) is 0 Å². The van der Waals surface area contributed by atoms with E-state index in [1.807, 2.05) is 0 Å². The average Bonchev–Trinajstić information content (AvgIpc) is 1.59. The van der Waals surface area contributed by atoms with Crippen LogP contribution in [0.25, 0.3) is 83.9 Å². The van der Waals surface area contributed by atoms with Crippen LogP contribution in [0.2, 0.25) is 0 Å². The van der Waals surface area contributed by atoms with Crippen molar-refractivity contribution in [1.29, 1.82) is 0 Å². The van der Waals surface area contributed by atoms with E-state index in [-0.39, 0.29) is 24.8 Å². The van der Waals surface area contributed by atoms with Gasteiger partial charge in [-0.1, -0.05) is 0 Å². The van der Waals surface area contributed by atoms with Crippen molar-refractivity contribution in [2.24, 2.45) is 16.2 Å². The molecule has 3 unspecified atom stereocenters. The van der Waals surface area contributed by atoms with Crippen LogP contribution in [0.1, 0.15) is 226 Å². The summed E-state index contributed by atoms with van der Waals surface area (Å²) in [5, 5.41) is 8.11. The van der Waals surface area contributed by atoms with Crippen LogP contribution in [0.5, 0.6) is 0 Å². The third kappa shape index (κ3) is 14.5. The maximum atomic E-state index is 2.75. The molecule has 92 heavy (non-hydrogen) atoms. The zero-order valence-electron chi connectivity index (χ0n) is 55.2. The van der Waals surface area contributed by atoms with Crippen molar-refractivity contribution >= 4 is 50.5 Å². The Kier molecular flexibility index (Phi) is 22.1. The summed E-state index contributed by atoms with van der Waals surface area (Å²) in [5.41, 5.74) is 24.3. The molecular formula is C88H95Cl2Zr2+2. The van der Waals surface area contributed by atoms with Crippen molar-refractivity contribution in [3.63, 3.8) is 0 Å². The fourth-order valence-electron chi connectivity index (χ4n) is 18.0. The molecule has 0 aliphatic heterocycles. The molecule has 3 atom stereocenters. The summed E-state index contributed by atoms with van der Waals surface area (Å²) in [5.74, 6) is 0. The average molecular weight is 1410 g/mol. The molecule has 3 saturated carbocycles. The van der Waals surface area contributed by atoms with Gasteiger partial charge in [0.25, 0.3) is 0 Å². The molecule has 0 N–H and O–H groups in total. The first-order chi connectivity index (χ1) is 44.1. The van der Waals surface area contributed by atoms with Gasteiger partial charge >= 0.3 is 572 Å². The van der Waals surface area contributed by atoms with E-state index >= 15 is 0 Å². The van der Waals surface area contributed by atoms with E-state index in [2.05, 4.69) is 221 Å². The summed E-state index contributed by atoms with van der Waals surface area (Å²) in [6.45, 7) is 7.91. The van der Waals surface area contributed by atoms with Crippen molar-refractivity contribution < 1.29 is 72.8 Å². The van der Waals surface area contributed by atoms with E-state index in [9.17, 15) is 0 Å². The van der Waals surface area contributed by atoms with Gasteiger partial charge in [0, 0.05) is 0 Å². The molecule has 3 fully saturated rings. The monoisotopic (exact) mass is 1400 g/mol. The molecule has 0 spiro atoms. The normalized spacial score (nSPS) is 20.8. The Hall–Kier alpha value is -4.67. The van der Waals surface area contributed by atoms with E-state index in [1.54, 1.807) is 58.1 Å². The summed E-state index contributed by atoms with van der Waals surface area (Å²) < 4.78 is 1.79. The largest absolute Gasteiger partial charge is 1.00 e. The van der Waals surface area contributed by atoms with E-state index < -0.39 is 23.2 Å². The first-order valence-corrected chi connectivity index (χ1v) is 39.8.